The molecule has 0 bridgehead atoms. The maximum absolute atomic E-state index is 13.0. The molecule has 2 N–H and O–H groups in total. The van der Waals surface area contributed by atoms with Crippen molar-refractivity contribution in [2.24, 2.45) is 5.73 Å². The van der Waals surface area contributed by atoms with Crippen molar-refractivity contribution in [3.63, 3.8) is 0 Å². The van der Waals surface area contributed by atoms with Gasteiger partial charge in [0.05, 0.1) is 4.88 Å². The van der Waals surface area contributed by atoms with E-state index in [1.807, 2.05) is 17.0 Å². The second kappa shape index (κ2) is 8.93. The fraction of sp³-hybridized carbons (Fsp3) is 0.320. The molecule has 150 valence electrons. The van der Waals surface area contributed by atoms with Gasteiger partial charge in [-0.3, -0.25) is 4.79 Å². The fourth-order valence-corrected chi connectivity index (χ4v) is 5.21. The maximum Gasteiger partial charge on any atom is 0.263 e. The van der Waals surface area contributed by atoms with Crippen LogP contribution >= 0.6 is 11.3 Å². The van der Waals surface area contributed by atoms with Crippen molar-refractivity contribution in [1.82, 2.24) is 4.90 Å². The van der Waals surface area contributed by atoms with E-state index in [1.54, 1.807) is 11.3 Å². The lowest BCUT2D eigenvalue weighted by Crippen LogP contribution is -2.37. The number of likely N-dealkylation sites (tertiary alicyclic amines) is 1. The van der Waals surface area contributed by atoms with Crippen LogP contribution in [0.25, 0.3) is 0 Å². The summed E-state index contributed by atoms with van der Waals surface area (Å²) in [5, 5.41) is 0. The van der Waals surface area contributed by atoms with E-state index < -0.39 is 0 Å². The van der Waals surface area contributed by atoms with Crippen LogP contribution in [0.2, 0.25) is 0 Å². The zero-order valence-electron chi connectivity index (χ0n) is 16.9. The molecule has 1 aromatic heterocycles. The van der Waals surface area contributed by atoms with E-state index in [-0.39, 0.29) is 5.91 Å². The van der Waals surface area contributed by atoms with Gasteiger partial charge in [-0.25, -0.2) is 0 Å². The topological polar surface area (TPSA) is 46.3 Å². The molecule has 0 radical (unpaired) electrons. The lowest BCUT2D eigenvalue weighted by Gasteiger charge is -2.32. The SMILES string of the molecule is CC(c1ccccc1)c1ccc(C(=O)N2CCC(c3cccc(CN)c3)CC2)s1. The summed E-state index contributed by atoms with van der Waals surface area (Å²) in [6.45, 7) is 4.42. The van der Waals surface area contributed by atoms with Crippen molar-refractivity contribution in [2.45, 2.75) is 38.1 Å². The van der Waals surface area contributed by atoms with E-state index in [0.29, 0.717) is 18.4 Å². The molecule has 3 nitrogen and oxygen atoms in total. The summed E-state index contributed by atoms with van der Waals surface area (Å²) in [7, 11) is 0. The zero-order valence-corrected chi connectivity index (χ0v) is 17.7. The van der Waals surface area contributed by atoms with Crippen LogP contribution in [0.5, 0.6) is 0 Å². The lowest BCUT2D eigenvalue weighted by molar-refractivity contribution is 0.0718. The number of carbonyl (C=O) groups excluding carboxylic acids is 1. The number of thiophene rings is 1. The normalized spacial score (nSPS) is 16.0. The molecule has 1 aliphatic heterocycles. The molecule has 0 aliphatic carbocycles. The van der Waals surface area contributed by atoms with Gasteiger partial charge in [0, 0.05) is 30.4 Å². The number of nitrogens with zero attached hydrogens (tertiary/aromatic N) is 1. The molecular formula is C25H28N2OS. The molecular weight excluding hydrogens is 376 g/mol. The summed E-state index contributed by atoms with van der Waals surface area (Å²) in [5.41, 5.74) is 9.61. The Morgan fingerprint density at radius 3 is 2.55 bits per heavy atom. The van der Waals surface area contributed by atoms with Crippen molar-refractivity contribution >= 4 is 17.2 Å². The number of hydrogen-bond donors (Lipinski definition) is 1. The summed E-state index contributed by atoms with van der Waals surface area (Å²) < 4.78 is 0. The molecule has 1 saturated heterocycles. The predicted molar refractivity (Wildman–Crippen MR) is 120 cm³/mol. The molecule has 0 spiro atoms. The number of nitrogens with two attached hydrogens (primary N) is 1. The Bertz CT molecular complexity index is 958. The summed E-state index contributed by atoms with van der Waals surface area (Å²) in [4.78, 5) is 17.2. The molecule has 2 heterocycles. The molecule has 29 heavy (non-hydrogen) atoms. The molecule has 1 fully saturated rings. The highest BCUT2D eigenvalue weighted by molar-refractivity contribution is 7.14. The van der Waals surface area contributed by atoms with Crippen LogP contribution in [0.3, 0.4) is 0 Å². The molecule has 1 atom stereocenters. The molecule has 1 amide bonds. The summed E-state index contributed by atoms with van der Waals surface area (Å²) >= 11 is 1.63. The Morgan fingerprint density at radius 1 is 1.07 bits per heavy atom. The van der Waals surface area contributed by atoms with Crippen LogP contribution in [-0.2, 0) is 6.54 Å². The Morgan fingerprint density at radius 2 is 1.83 bits per heavy atom. The van der Waals surface area contributed by atoms with Gasteiger partial charge in [0.2, 0.25) is 0 Å². The first-order valence-electron chi connectivity index (χ1n) is 10.4. The van der Waals surface area contributed by atoms with Gasteiger partial charge in [-0.2, -0.15) is 0 Å². The van der Waals surface area contributed by atoms with Crippen LogP contribution in [0.15, 0.2) is 66.7 Å². The number of piperidine rings is 1. The summed E-state index contributed by atoms with van der Waals surface area (Å²) in [5.74, 6) is 1.00. The first-order chi connectivity index (χ1) is 14.2. The minimum atomic E-state index is 0.177. The number of hydrogen-bond acceptors (Lipinski definition) is 3. The minimum absolute atomic E-state index is 0.177. The lowest BCUT2D eigenvalue weighted by atomic mass is 9.88. The summed E-state index contributed by atoms with van der Waals surface area (Å²) in [6, 6.07) is 23.2. The Labute approximate surface area is 177 Å². The van der Waals surface area contributed by atoms with Crippen LogP contribution in [0.1, 0.15) is 62.8 Å². The second-order valence-electron chi connectivity index (χ2n) is 7.85. The van der Waals surface area contributed by atoms with Crippen molar-refractivity contribution in [1.29, 1.82) is 0 Å². The third-order valence-corrected chi connectivity index (χ3v) is 7.26. The van der Waals surface area contributed by atoms with Crippen LogP contribution in [-0.4, -0.2) is 23.9 Å². The molecule has 4 rings (SSSR count). The van der Waals surface area contributed by atoms with E-state index in [2.05, 4.69) is 61.5 Å². The van der Waals surface area contributed by atoms with Crippen molar-refractivity contribution in [2.75, 3.05) is 13.1 Å². The van der Waals surface area contributed by atoms with Gasteiger partial charge in [0.25, 0.3) is 5.91 Å². The second-order valence-corrected chi connectivity index (χ2v) is 8.97. The van der Waals surface area contributed by atoms with Gasteiger partial charge in [-0.1, -0.05) is 61.5 Å². The molecule has 4 heteroatoms. The minimum Gasteiger partial charge on any atom is -0.338 e. The highest BCUT2D eigenvalue weighted by Gasteiger charge is 2.26. The van der Waals surface area contributed by atoms with Gasteiger partial charge in [-0.05, 0) is 47.6 Å². The number of rotatable bonds is 5. The monoisotopic (exact) mass is 404 g/mol. The van der Waals surface area contributed by atoms with Crippen LogP contribution in [0, 0.1) is 0 Å². The average Bonchev–Trinajstić information content (AvgIpc) is 3.29. The van der Waals surface area contributed by atoms with Crippen molar-refractivity contribution in [3.05, 3.63) is 93.2 Å². The van der Waals surface area contributed by atoms with Gasteiger partial charge in [0.1, 0.15) is 0 Å². The molecule has 1 aliphatic rings. The van der Waals surface area contributed by atoms with E-state index >= 15 is 0 Å². The number of carbonyl (C=O) groups is 1. The Kier molecular flexibility index (Phi) is 6.12. The molecule has 0 saturated carbocycles. The van der Waals surface area contributed by atoms with Gasteiger partial charge < -0.3 is 10.6 Å². The van der Waals surface area contributed by atoms with Gasteiger partial charge >= 0.3 is 0 Å². The number of amides is 1. The Hall–Kier alpha value is -2.43. The largest absolute Gasteiger partial charge is 0.338 e. The predicted octanol–water partition coefficient (Wildman–Crippen LogP) is 5.38. The van der Waals surface area contributed by atoms with Crippen LogP contribution in [0.4, 0.5) is 0 Å². The molecule has 2 aromatic carbocycles. The number of benzene rings is 2. The smallest absolute Gasteiger partial charge is 0.263 e. The maximum atomic E-state index is 13.0. The quantitative estimate of drug-likeness (QED) is 0.621. The van der Waals surface area contributed by atoms with Crippen molar-refractivity contribution in [3.8, 4) is 0 Å². The Balaban J connectivity index is 1.39. The summed E-state index contributed by atoms with van der Waals surface area (Å²) in [6.07, 6.45) is 2.02. The van der Waals surface area contributed by atoms with E-state index in [0.717, 1.165) is 30.8 Å². The average molecular weight is 405 g/mol. The van der Waals surface area contributed by atoms with Crippen molar-refractivity contribution < 1.29 is 4.79 Å². The zero-order chi connectivity index (χ0) is 20.2. The van der Waals surface area contributed by atoms with Gasteiger partial charge in [0.15, 0.2) is 0 Å². The van der Waals surface area contributed by atoms with E-state index in [1.165, 1.54) is 21.6 Å². The highest BCUT2D eigenvalue weighted by atomic mass is 32.1. The third-order valence-electron chi connectivity index (χ3n) is 6.00. The third kappa shape index (κ3) is 4.44. The molecule has 3 aromatic rings. The fourth-order valence-electron chi connectivity index (χ4n) is 4.15. The highest BCUT2D eigenvalue weighted by Crippen LogP contribution is 2.33. The van der Waals surface area contributed by atoms with Gasteiger partial charge in [-0.15, -0.1) is 11.3 Å². The first-order valence-corrected chi connectivity index (χ1v) is 11.2. The molecule has 1 unspecified atom stereocenters. The standard InChI is InChI=1S/C25H28N2OS/c1-18(20-7-3-2-4-8-20)23-10-11-24(29-23)25(28)27-14-12-21(13-15-27)22-9-5-6-19(16-22)17-26/h2-11,16,18,21H,12-15,17,26H2,1H3. The van der Waals surface area contributed by atoms with Crippen LogP contribution < -0.4 is 5.73 Å². The van der Waals surface area contributed by atoms with E-state index in [4.69, 9.17) is 5.73 Å². The van der Waals surface area contributed by atoms with E-state index in [9.17, 15) is 4.79 Å². The first kappa shape index (κ1) is 19.9.